The number of carbonyl (C=O) groups excluding carboxylic acids is 1. The van der Waals surface area contributed by atoms with Gasteiger partial charge in [-0.15, -0.1) is 0 Å². The molecule has 1 fully saturated rings. The van der Waals surface area contributed by atoms with E-state index in [1.165, 1.54) is 0 Å². The van der Waals surface area contributed by atoms with Gasteiger partial charge in [-0.3, -0.25) is 4.90 Å². The van der Waals surface area contributed by atoms with Crippen LogP contribution in [0.2, 0.25) is 0 Å². The largest absolute Gasteiger partial charge is 0.331 e. The smallest absolute Gasteiger partial charge is 0.319 e. The van der Waals surface area contributed by atoms with Crippen molar-refractivity contribution in [1.29, 1.82) is 0 Å². The molecule has 1 saturated heterocycles. The van der Waals surface area contributed by atoms with Crippen LogP contribution in [0.5, 0.6) is 0 Å². The van der Waals surface area contributed by atoms with Crippen LogP contribution in [-0.2, 0) is 0 Å². The van der Waals surface area contributed by atoms with Crippen molar-refractivity contribution in [1.82, 2.24) is 14.7 Å². The van der Waals surface area contributed by atoms with E-state index in [4.69, 9.17) is 5.73 Å². The van der Waals surface area contributed by atoms with Gasteiger partial charge in [-0.1, -0.05) is 20.8 Å². The Balaban J connectivity index is 2.52. The van der Waals surface area contributed by atoms with Gasteiger partial charge in [0.2, 0.25) is 0 Å². The van der Waals surface area contributed by atoms with Crippen molar-refractivity contribution in [3.05, 3.63) is 0 Å². The van der Waals surface area contributed by atoms with Crippen molar-refractivity contribution in [2.45, 2.75) is 39.7 Å². The van der Waals surface area contributed by atoms with Crippen molar-refractivity contribution in [3.8, 4) is 0 Å². The molecule has 0 aliphatic carbocycles. The number of hydrogen-bond acceptors (Lipinski definition) is 3. The van der Waals surface area contributed by atoms with E-state index in [-0.39, 0.29) is 11.4 Å². The molecule has 0 unspecified atom stereocenters. The molecular formula is C15H32N4O. The van der Waals surface area contributed by atoms with E-state index in [2.05, 4.69) is 25.7 Å². The Kier molecular flexibility index (Phi) is 6.27. The molecule has 1 heterocycles. The Labute approximate surface area is 124 Å². The topological polar surface area (TPSA) is 52.8 Å². The molecule has 5 heteroatoms. The minimum absolute atomic E-state index is 0.133. The SMILES string of the molecule is CCN(CC(C)(C)CN)C1CCN(C(=O)N(C)C)CC1. The van der Waals surface area contributed by atoms with E-state index in [0.29, 0.717) is 12.6 Å². The van der Waals surface area contributed by atoms with Gasteiger partial charge in [-0.05, 0) is 31.3 Å². The highest BCUT2D eigenvalue weighted by Gasteiger charge is 2.29. The van der Waals surface area contributed by atoms with Crippen LogP contribution < -0.4 is 5.73 Å². The first-order chi connectivity index (χ1) is 9.30. The lowest BCUT2D eigenvalue weighted by atomic mass is 9.91. The highest BCUT2D eigenvalue weighted by molar-refractivity contribution is 5.73. The number of rotatable bonds is 5. The van der Waals surface area contributed by atoms with Crippen LogP contribution in [0.25, 0.3) is 0 Å². The fraction of sp³-hybridized carbons (Fsp3) is 0.933. The number of amides is 2. The summed E-state index contributed by atoms with van der Waals surface area (Å²) in [5.74, 6) is 0. The summed E-state index contributed by atoms with van der Waals surface area (Å²) in [6, 6.07) is 0.714. The monoisotopic (exact) mass is 284 g/mol. The van der Waals surface area contributed by atoms with Gasteiger partial charge >= 0.3 is 6.03 Å². The number of likely N-dealkylation sites (tertiary alicyclic amines) is 1. The van der Waals surface area contributed by atoms with Gasteiger partial charge in [0.15, 0.2) is 0 Å². The zero-order valence-electron chi connectivity index (χ0n) is 13.9. The second-order valence-corrected chi connectivity index (χ2v) is 6.83. The van der Waals surface area contributed by atoms with Crippen molar-refractivity contribution < 1.29 is 4.79 Å². The van der Waals surface area contributed by atoms with Crippen molar-refractivity contribution in [2.24, 2.45) is 11.1 Å². The second kappa shape index (κ2) is 7.27. The molecule has 1 aliphatic heterocycles. The van der Waals surface area contributed by atoms with Gasteiger partial charge in [0.05, 0.1) is 0 Å². The number of nitrogens with two attached hydrogens (primary N) is 1. The first-order valence-corrected chi connectivity index (χ1v) is 7.71. The zero-order chi connectivity index (χ0) is 15.3. The zero-order valence-corrected chi connectivity index (χ0v) is 13.9. The van der Waals surface area contributed by atoms with Gasteiger partial charge in [0, 0.05) is 39.8 Å². The average molecular weight is 284 g/mol. The van der Waals surface area contributed by atoms with Crippen LogP contribution in [0.3, 0.4) is 0 Å². The number of piperidine rings is 1. The lowest BCUT2D eigenvalue weighted by Gasteiger charge is -2.41. The molecule has 0 spiro atoms. The highest BCUT2D eigenvalue weighted by atomic mass is 16.2. The summed E-state index contributed by atoms with van der Waals surface area (Å²) < 4.78 is 0. The van der Waals surface area contributed by atoms with Gasteiger partial charge < -0.3 is 15.5 Å². The molecule has 0 radical (unpaired) electrons. The van der Waals surface area contributed by atoms with E-state index in [1.807, 2.05) is 19.0 Å². The summed E-state index contributed by atoms with van der Waals surface area (Å²) in [5, 5.41) is 0. The van der Waals surface area contributed by atoms with E-state index < -0.39 is 0 Å². The Bertz CT molecular complexity index is 309. The molecule has 0 saturated carbocycles. The van der Waals surface area contributed by atoms with Crippen LogP contribution in [0.1, 0.15) is 33.6 Å². The molecule has 0 aromatic carbocycles. The summed E-state index contributed by atoms with van der Waals surface area (Å²) in [7, 11) is 3.63. The second-order valence-electron chi connectivity index (χ2n) is 6.83. The minimum Gasteiger partial charge on any atom is -0.331 e. The van der Waals surface area contributed by atoms with Crippen molar-refractivity contribution >= 4 is 6.03 Å². The molecule has 2 N–H and O–H groups in total. The fourth-order valence-electron chi connectivity index (χ4n) is 2.82. The van der Waals surface area contributed by atoms with Gasteiger partial charge in [0.25, 0.3) is 0 Å². The predicted octanol–water partition coefficient (Wildman–Crippen LogP) is 1.44. The normalized spacial score (nSPS) is 17.6. The van der Waals surface area contributed by atoms with Gasteiger partial charge in [-0.25, -0.2) is 4.79 Å². The average Bonchev–Trinajstić information content (AvgIpc) is 2.44. The number of nitrogens with zero attached hydrogens (tertiary/aromatic N) is 3. The summed E-state index contributed by atoms with van der Waals surface area (Å²) >= 11 is 0. The molecule has 0 bridgehead atoms. The highest BCUT2D eigenvalue weighted by Crippen LogP contribution is 2.22. The Morgan fingerprint density at radius 1 is 1.30 bits per heavy atom. The lowest BCUT2D eigenvalue weighted by Crippen LogP contribution is -2.51. The van der Waals surface area contributed by atoms with Gasteiger partial charge in [-0.2, -0.15) is 0 Å². The number of hydrogen-bond donors (Lipinski definition) is 1. The molecule has 2 amide bonds. The molecule has 0 aromatic rings. The first-order valence-electron chi connectivity index (χ1n) is 7.71. The summed E-state index contributed by atoms with van der Waals surface area (Å²) in [6.45, 7) is 11.2. The lowest BCUT2D eigenvalue weighted by molar-refractivity contribution is 0.0848. The molecule has 0 aromatic heterocycles. The third kappa shape index (κ3) is 4.63. The van der Waals surface area contributed by atoms with Crippen LogP contribution in [0.15, 0.2) is 0 Å². The Morgan fingerprint density at radius 3 is 2.25 bits per heavy atom. The maximum Gasteiger partial charge on any atom is 0.319 e. The maximum absolute atomic E-state index is 11.9. The van der Waals surface area contributed by atoms with Crippen molar-refractivity contribution in [2.75, 3.05) is 46.8 Å². The van der Waals surface area contributed by atoms with Crippen LogP contribution in [-0.4, -0.2) is 73.6 Å². The van der Waals surface area contributed by atoms with E-state index >= 15 is 0 Å². The summed E-state index contributed by atoms with van der Waals surface area (Å²) in [5.41, 5.74) is 6.01. The van der Waals surface area contributed by atoms with E-state index in [9.17, 15) is 4.79 Å². The fourth-order valence-corrected chi connectivity index (χ4v) is 2.82. The standard InChI is InChI=1S/C15H32N4O/c1-6-18(12-15(2,3)11-16)13-7-9-19(10-8-13)14(20)17(4)5/h13H,6-12,16H2,1-5H3. The molecule has 20 heavy (non-hydrogen) atoms. The number of carbonyl (C=O) groups is 1. The van der Waals surface area contributed by atoms with Gasteiger partial charge in [0.1, 0.15) is 0 Å². The molecule has 5 nitrogen and oxygen atoms in total. The Morgan fingerprint density at radius 2 is 1.85 bits per heavy atom. The number of urea groups is 1. The molecule has 0 atom stereocenters. The quantitative estimate of drug-likeness (QED) is 0.831. The summed E-state index contributed by atoms with van der Waals surface area (Å²) in [6.07, 6.45) is 2.13. The predicted molar refractivity (Wildman–Crippen MR) is 83.8 cm³/mol. The van der Waals surface area contributed by atoms with Crippen LogP contribution in [0.4, 0.5) is 4.79 Å². The van der Waals surface area contributed by atoms with Crippen LogP contribution in [0, 0.1) is 5.41 Å². The van der Waals surface area contributed by atoms with Crippen LogP contribution >= 0.6 is 0 Å². The third-order valence-electron chi connectivity index (χ3n) is 4.22. The third-order valence-corrected chi connectivity index (χ3v) is 4.22. The molecule has 1 rings (SSSR count). The Hall–Kier alpha value is -0.810. The van der Waals surface area contributed by atoms with E-state index in [0.717, 1.165) is 39.0 Å². The first kappa shape index (κ1) is 17.2. The molecule has 1 aliphatic rings. The summed E-state index contributed by atoms with van der Waals surface area (Å²) in [4.78, 5) is 18.1. The molecular weight excluding hydrogens is 252 g/mol. The minimum atomic E-state index is 0.133. The van der Waals surface area contributed by atoms with Crippen molar-refractivity contribution in [3.63, 3.8) is 0 Å². The van der Waals surface area contributed by atoms with E-state index in [1.54, 1.807) is 4.90 Å². The maximum atomic E-state index is 11.9. The molecule has 118 valence electrons.